The predicted molar refractivity (Wildman–Crippen MR) is 64.9 cm³/mol. The number of carbonyl (C=O) groups is 1. The van der Waals surface area contributed by atoms with Gasteiger partial charge in [-0.15, -0.1) is 0 Å². The van der Waals surface area contributed by atoms with Crippen LogP contribution >= 0.6 is 0 Å². The molecule has 0 aromatic heterocycles. The number of hydrogen-bond acceptors (Lipinski definition) is 4. The summed E-state index contributed by atoms with van der Waals surface area (Å²) in [5.41, 5.74) is 7.06. The van der Waals surface area contributed by atoms with Gasteiger partial charge in [0.25, 0.3) is 0 Å². The third-order valence-corrected chi connectivity index (χ3v) is 2.94. The summed E-state index contributed by atoms with van der Waals surface area (Å²) in [6.45, 7) is 4.22. The Balaban J connectivity index is 2.11. The molecule has 1 aliphatic rings. The standard InChI is InChI=1S/C13H17NO4/c1-13(2)17-7-10(18-13)8-3-5-9(6-4-8)11(14)12(15)16/h3-6,10-11H,7,14H2,1-2H3,(H,15,16). The highest BCUT2D eigenvalue weighted by Crippen LogP contribution is 2.32. The average Bonchev–Trinajstić information content (AvgIpc) is 2.69. The molecule has 0 spiro atoms. The largest absolute Gasteiger partial charge is 0.480 e. The van der Waals surface area contributed by atoms with E-state index in [-0.39, 0.29) is 6.10 Å². The van der Waals surface area contributed by atoms with Crippen molar-refractivity contribution in [1.82, 2.24) is 0 Å². The third kappa shape index (κ3) is 2.69. The van der Waals surface area contributed by atoms with Crippen molar-refractivity contribution in [3.63, 3.8) is 0 Å². The summed E-state index contributed by atoms with van der Waals surface area (Å²) in [4.78, 5) is 10.8. The number of ether oxygens (including phenoxy) is 2. The molecule has 1 fully saturated rings. The maximum atomic E-state index is 10.8. The lowest BCUT2D eigenvalue weighted by molar-refractivity contribution is -0.139. The van der Waals surface area contributed by atoms with E-state index in [0.717, 1.165) is 5.56 Å². The van der Waals surface area contributed by atoms with Crippen LogP contribution in [0.5, 0.6) is 0 Å². The van der Waals surface area contributed by atoms with Gasteiger partial charge in [0.15, 0.2) is 5.79 Å². The van der Waals surface area contributed by atoms with Crippen LogP contribution in [-0.2, 0) is 14.3 Å². The molecule has 1 heterocycles. The van der Waals surface area contributed by atoms with E-state index in [9.17, 15) is 4.79 Å². The Morgan fingerprint density at radius 3 is 2.50 bits per heavy atom. The van der Waals surface area contributed by atoms with Crippen LogP contribution in [0.4, 0.5) is 0 Å². The molecule has 0 aliphatic carbocycles. The Morgan fingerprint density at radius 2 is 2.06 bits per heavy atom. The fraction of sp³-hybridized carbons (Fsp3) is 0.462. The van der Waals surface area contributed by atoms with Gasteiger partial charge in [-0.05, 0) is 25.0 Å². The second kappa shape index (κ2) is 4.68. The maximum absolute atomic E-state index is 10.8. The molecule has 0 saturated carbocycles. The van der Waals surface area contributed by atoms with Crippen molar-refractivity contribution < 1.29 is 19.4 Å². The zero-order valence-corrected chi connectivity index (χ0v) is 10.4. The summed E-state index contributed by atoms with van der Waals surface area (Å²) in [6.07, 6.45) is -0.116. The lowest BCUT2D eigenvalue weighted by Gasteiger charge is -2.17. The highest BCUT2D eigenvalue weighted by atomic mass is 16.7. The molecule has 5 heteroatoms. The zero-order valence-electron chi connectivity index (χ0n) is 10.4. The first kappa shape index (κ1) is 13.0. The normalized spacial score (nSPS) is 23.8. The molecule has 3 N–H and O–H groups in total. The lowest BCUT2D eigenvalue weighted by Crippen LogP contribution is -2.21. The summed E-state index contributed by atoms with van der Waals surface area (Å²) >= 11 is 0. The fourth-order valence-corrected chi connectivity index (χ4v) is 1.91. The van der Waals surface area contributed by atoms with E-state index in [1.807, 2.05) is 26.0 Å². The Labute approximate surface area is 106 Å². The molecule has 1 aromatic carbocycles. The van der Waals surface area contributed by atoms with Crippen molar-refractivity contribution in [1.29, 1.82) is 0 Å². The molecule has 98 valence electrons. The van der Waals surface area contributed by atoms with Crippen LogP contribution in [0.2, 0.25) is 0 Å². The Bertz CT molecular complexity index is 441. The van der Waals surface area contributed by atoms with Crippen LogP contribution in [0, 0.1) is 0 Å². The van der Waals surface area contributed by atoms with Gasteiger partial charge in [0.2, 0.25) is 0 Å². The number of hydrogen-bond donors (Lipinski definition) is 2. The SMILES string of the molecule is CC1(C)OCC(c2ccc(C(N)C(=O)O)cc2)O1. The molecule has 5 nitrogen and oxygen atoms in total. The smallest absolute Gasteiger partial charge is 0.325 e. The fourth-order valence-electron chi connectivity index (χ4n) is 1.91. The second-order valence-corrected chi connectivity index (χ2v) is 4.80. The van der Waals surface area contributed by atoms with Gasteiger partial charge < -0.3 is 20.3 Å². The minimum Gasteiger partial charge on any atom is -0.480 e. The number of nitrogens with two attached hydrogens (primary N) is 1. The first-order chi connectivity index (χ1) is 8.39. The highest BCUT2D eigenvalue weighted by molar-refractivity contribution is 5.75. The van der Waals surface area contributed by atoms with E-state index >= 15 is 0 Å². The third-order valence-electron chi connectivity index (χ3n) is 2.94. The quantitative estimate of drug-likeness (QED) is 0.852. The summed E-state index contributed by atoms with van der Waals surface area (Å²) in [7, 11) is 0. The van der Waals surface area contributed by atoms with Crippen molar-refractivity contribution in [2.24, 2.45) is 5.73 Å². The van der Waals surface area contributed by atoms with E-state index in [1.54, 1.807) is 12.1 Å². The zero-order chi connectivity index (χ0) is 13.3. The van der Waals surface area contributed by atoms with Crippen molar-refractivity contribution >= 4 is 5.97 Å². The van der Waals surface area contributed by atoms with Crippen LogP contribution in [0.1, 0.15) is 37.1 Å². The van der Waals surface area contributed by atoms with Gasteiger partial charge >= 0.3 is 5.97 Å². The second-order valence-electron chi connectivity index (χ2n) is 4.80. The minimum absolute atomic E-state index is 0.116. The Hall–Kier alpha value is -1.43. The van der Waals surface area contributed by atoms with E-state index in [1.165, 1.54) is 0 Å². The highest BCUT2D eigenvalue weighted by Gasteiger charge is 2.33. The molecule has 2 unspecified atom stereocenters. The summed E-state index contributed by atoms with van der Waals surface area (Å²) in [6, 6.07) is 6.09. The first-order valence-corrected chi connectivity index (χ1v) is 5.79. The Morgan fingerprint density at radius 1 is 1.44 bits per heavy atom. The average molecular weight is 251 g/mol. The number of rotatable bonds is 3. The van der Waals surface area contributed by atoms with Gasteiger partial charge in [0, 0.05) is 0 Å². The summed E-state index contributed by atoms with van der Waals surface area (Å²) in [5.74, 6) is -1.61. The number of benzene rings is 1. The van der Waals surface area contributed by atoms with E-state index in [2.05, 4.69) is 0 Å². The first-order valence-electron chi connectivity index (χ1n) is 5.79. The summed E-state index contributed by atoms with van der Waals surface area (Å²) in [5, 5.41) is 8.82. The Kier molecular flexibility index (Phi) is 3.38. The van der Waals surface area contributed by atoms with Crippen LogP contribution < -0.4 is 5.73 Å². The number of carboxylic acid groups (broad SMARTS) is 1. The molecule has 0 bridgehead atoms. The van der Waals surface area contributed by atoms with E-state index in [4.69, 9.17) is 20.3 Å². The van der Waals surface area contributed by atoms with Crippen molar-refractivity contribution in [3.8, 4) is 0 Å². The van der Waals surface area contributed by atoms with Gasteiger partial charge in [-0.2, -0.15) is 0 Å². The van der Waals surface area contributed by atoms with Crippen LogP contribution in [0.3, 0.4) is 0 Å². The number of aliphatic carboxylic acids is 1. The topological polar surface area (TPSA) is 81.8 Å². The lowest BCUT2D eigenvalue weighted by atomic mass is 10.0. The minimum atomic E-state index is -1.04. The number of carboxylic acids is 1. The predicted octanol–water partition coefficient (Wildman–Crippen LogP) is 1.59. The van der Waals surface area contributed by atoms with Crippen molar-refractivity contribution in [3.05, 3.63) is 35.4 Å². The molecular formula is C13H17NO4. The summed E-state index contributed by atoms with van der Waals surface area (Å²) < 4.78 is 11.2. The molecule has 1 aliphatic heterocycles. The van der Waals surface area contributed by atoms with E-state index < -0.39 is 17.8 Å². The molecule has 0 radical (unpaired) electrons. The van der Waals surface area contributed by atoms with E-state index in [0.29, 0.717) is 12.2 Å². The molecular weight excluding hydrogens is 234 g/mol. The van der Waals surface area contributed by atoms with Gasteiger partial charge in [-0.25, -0.2) is 0 Å². The van der Waals surface area contributed by atoms with Crippen LogP contribution in [0.15, 0.2) is 24.3 Å². The van der Waals surface area contributed by atoms with Crippen molar-refractivity contribution in [2.75, 3.05) is 6.61 Å². The molecule has 2 atom stereocenters. The van der Waals surface area contributed by atoms with Crippen molar-refractivity contribution in [2.45, 2.75) is 31.8 Å². The molecule has 1 aromatic rings. The molecule has 2 rings (SSSR count). The maximum Gasteiger partial charge on any atom is 0.325 e. The molecule has 1 saturated heterocycles. The van der Waals surface area contributed by atoms with Gasteiger partial charge in [-0.3, -0.25) is 4.79 Å². The van der Waals surface area contributed by atoms with Gasteiger partial charge in [0.1, 0.15) is 12.1 Å². The van der Waals surface area contributed by atoms with Gasteiger partial charge in [0.05, 0.1) is 6.61 Å². The molecule has 18 heavy (non-hydrogen) atoms. The monoisotopic (exact) mass is 251 g/mol. The van der Waals surface area contributed by atoms with Crippen LogP contribution in [0.25, 0.3) is 0 Å². The molecule has 0 amide bonds. The van der Waals surface area contributed by atoms with Gasteiger partial charge in [-0.1, -0.05) is 24.3 Å². The van der Waals surface area contributed by atoms with Crippen LogP contribution in [-0.4, -0.2) is 23.5 Å².